The summed E-state index contributed by atoms with van der Waals surface area (Å²) < 4.78 is 32.9. The topological polar surface area (TPSA) is 159 Å². The Labute approximate surface area is 281 Å². The first-order valence-corrected chi connectivity index (χ1v) is 17.2. The number of ether oxygens (including phenoxy) is 1. The Kier molecular flexibility index (Phi) is 11.1. The molecule has 48 heavy (non-hydrogen) atoms. The molecule has 3 amide bonds. The van der Waals surface area contributed by atoms with E-state index >= 15 is 0 Å². The number of amides is 3. The van der Waals surface area contributed by atoms with Crippen LogP contribution in [0, 0.1) is 13.8 Å². The van der Waals surface area contributed by atoms with Crippen molar-refractivity contribution in [3.05, 3.63) is 89.2 Å². The predicted octanol–water partition coefficient (Wildman–Crippen LogP) is 5.30. The number of nitrogens with one attached hydrogen (secondary N) is 2. The lowest BCUT2D eigenvalue weighted by atomic mass is 9.92. The maximum atomic E-state index is 13.1. The number of carbonyl (C=O) groups excluding carboxylic acids is 2. The molecule has 3 heterocycles. The highest BCUT2D eigenvalue weighted by Crippen LogP contribution is 2.27. The van der Waals surface area contributed by atoms with Crippen molar-refractivity contribution in [3.63, 3.8) is 0 Å². The molecule has 0 aliphatic carbocycles. The third kappa shape index (κ3) is 9.78. The Balaban J connectivity index is 0.000000968. The van der Waals surface area contributed by atoms with E-state index in [1.807, 2.05) is 79.4 Å². The van der Waals surface area contributed by atoms with Crippen LogP contribution in [0.2, 0.25) is 0 Å². The molecule has 0 spiro atoms. The standard InChI is InChI=1S/C33H39N7O3.CH4O3S/c1-22-10-12-25(13-11-22)40-30(21-28(37-40)33(3,4)5)36-32(42)35-27-14-15-29(34-23(27)2)38-16-18-39(19-17-38)31(41)24-8-7-9-26(20-24)43-6;1-5(2,3)4/h7-15,20-21H,16-19H2,1-6H3,(H2,35,36,42);1H3,(H,2,3,4). The number of piperazine rings is 1. The van der Waals surface area contributed by atoms with Crippen LogP contribution in [-0.4, -0.2) is 84.1 Å². The Morgan fingerprint density at radius 1 is 0.917 bits per heavy atom. The minimum atomic E-state index is -3.67. The van der Waals surface area contributed by atoms with Crippen LogP contribution in [0.5, 0.6) is 5.75 Å². The Hall–Kier alpha value is -4.95. The normalized spacial score (nSPS) is 13.3. The number of aromatic nitrogens is 3. The molecule has 0 atom stereocenters. The molecule has 0 bridgehead atoms. The molecule has 256 valence electrons. The Morgan fingerprint density at radius 2 is 1.56 bits per heavy atom. The second-order valence-corrected chi connectivity index (χ2v) is 14.0. The summed E-state index contributed by atoms with van der Waals surface area (Å²) >= 11 is 0. The largest absolute Gasteiger partial charge is 0.497 e. The summed E-state index contributed by atoms with van der Waals surface area (Å²) in [5.41, 5.74) is 4.63. The highest BCUT2D eigenvalue weighted by molar-refractivity contribution is 7.85. The number of hydrogen-bond acceptors (Lipinski definition) is 8. The lowest BCUT2D eigenvalue weighted by Gasteiger charge is -2.35. The number of carbonyl (C=O) groups is 2. The molecule has 0 radical (unpaired) electrons. The number of rotatable bonds is 6. The number of pyridine rings is 1. The molecule has 14 heteroatoms. The van der Waals surface area contributed by atoms with Crippen molar-refractivity contribution in [2.45, 2.75) is 40.0 Å². The summed E-state index contributed by atoms with van der Waals surface area (Å²) in [6.07, 6.45) is 0.715. The van der Waals surface area contributed by atoms with Crippen molar-refractivity contribution < 1.29 is 27.3 Å². The third-order valence-corrected chi connectivity index (χ3v) is 7.52. The Morgan fingerprint density at radius 3 is 2.15 bits per heavy atom. The van der Waals surface area contributed by atoms with Gasteiger partial charge in [0.15, 0.2) is 0 Å². The van der Waals surface area contributed by atoms with E-state index in [9.17, 15) is 18.0 Å². The van der Waals surface area contributed by atoms with Crippen molar-refractivity contribution in [1.29, 1.82) is 0 Å². The van der Waals surface area contributed by atoms with Gasteiger partial charge in [0.25, 0.3) is 16.0 Å². The summed E-state index contributed by atoms with van der Waals surface area (Å²) in [5, 5.41) is 10.7. The zero-order valence-electron chi connectivity index (χ0n) is 28.3. The lowest BCUT2D eigenvalue weighted by molar-refractivity contribution is 0.0746. The number of aryl methyl sites for hydroxylation is 2. The zero-order valence-corrected chi connectivity index (χ0v) is 29.1. The number of methoxy groups -OCH3 is 1. The molecule has 1 saturated heterocycles. The van der Waals surface area contributed by atoms with Gasteiger partial charge in [0.1, 0.15) is 17.4 Å². The van der Waals surface area contributed by atoms with Crippen LogP contribution in [0.4, 0.5) is 22.1 Å². The highest BCUT2D eigenvalue weighted by Gasteiger charge is 2.24. The minimum absolute atomic E-state index is 0.00779. The monoisotopic (exact) mass is 677 g/mol. The van der Waals surface area contributed by atoms with Gasteiger partial charge in [-0.3, -0.25) is 14.7 Å². The van der Waals surface area contributed by atoms with Gasteiger partial charge in [-0.25, -0.2) is 14.5 Å². The van der Waals surface area contributed by atoms with Crippen molar-refractivity contribution in [2.24, 2.45) is 0 Å². The van der Waals surface area contributed by atoms with Gasteiger partial charge in [0, 0.05) is 43.2 Å². The van der Waals surface area contributed by atoms with Gasteiger partial charge in [-0.1, -0.05) is 44.5 Å². The molecule has 2 aromatic heterocycles. The molecule has 5 rings (SSSR count). The van der Waals surface area contributed by atoms with E-state index in [0.717, 1.165) is 22.8 Å². The van der Waals surface area contributed by atoms with Crippen molar-refractivity contribution in [1.82, 2.24) is 19.7 Å². The molecule has 3 N–H and O–H groups in total. The van der Waals surface area contributed by atoms with Gasteiger partial charge in [0.2, 0.25) is 0 Å². The molecular formula is C34H43N7O6S. The number of urea groups is 1. The molecule has 0 unspecified atom stereocenters. The fraction of sp³-hybridized carbons (Fsp3) is 0.353. The zero-order chi connectivity index (χ0) is 35.2. The molecule has 2 aromatic carbocycles. The van der Waals surface area contributed by atoms with E-state index in [1.54, 1.807) is 17.9 Å². The maximum Gasteiger partial charge on any atom is 0.324 e. The fourth-order valence-electron chi connectivity index (χ4n) is 4.92. The molecular weight excluding hydrogens is 634 g/mol. The predicted molar refractivity (Wildman–Crippen MR) is 187 cm³/mol. The van der Waals surface area contributed by atoms with Crippen LogP contribution < -0.4 is 20.3 Å². The SMILES string of the molecule is COc1cccc(C(=O)N2CCN(c3ccc(NC(=O)Nc4cc(C(C)(C)C)nn4-c4ccc(C)cc4)c(C)n3)CC2)c1.CS(=O)(=O)O. The van der Waals surface area contributed by atoms with E-state index in [1.165, 1.54) is 0 Å². The highest BCUT2D eigenvalue weighted by atomic mass is 32.2. The van der Waals surface area contributed by atoms with Crippen LogP contribution in [0.25, 0.3) is 5.69 Å². The Bertz CT molecular complexity index is 1850. The first kappa shape index (κ1) is 35.9. The summed E-state index contributed by atoms with van der Waals surface area (Å²) in [7, 11) is -2.07. The summed E-state index contributed by atoms with van der Waals surface area (Å²) in [5.74, 6) is 2.05. The summed E-state index contributed by atoms with van der Waals surface area (Å²) in [6, 6.07) is 20.5. The van der Waals surface area contributed by atoms with Gasteiger partial charge in [0.05, 0.1) is 36.1 Å². The van der Waals surface area contributed by atoms with Crippen LogP contribution in [0.1, 0.15) is 48.1 Å². The van der Waals surface area contributed by atoms with Crippen LogP contribution in [-0.2, 0) is 15.5 Å². The van der Waals surface area contributed by atoms with Gasteiger partial charge in [-0.15, -0.1) is 0 Å². The molecule has 0 saturated carbocycles. The second kappa shape index (κ2) is 14.9. The van der Waals surface area contributed by atoms with Crippen molar-refractivity contribution >= 4 is 39.4 Å². The van der Waals surface area contributed by atoms with Crippen LogP contribution >= 0.6 is 0 Å². The van der Waals surface area contributed by atoms with Crippen molar-refractivity contribution in [2.75, 3.05) is 55.1 Å². The number of hydrogen-bond donors (Lipinski definition) is 3. The molecule has 13 nitrogen and oxygen atoms in total. The smallest absolute Gasteiger partial charge is 0.324 e. The molecule has 1 aliphatic heterocycles. The molecule has 4 aromatic rings. The van der Waals surface area contributed by atoms with Gasteiger partial charge in [-0.05, 0) is 56.3 Å². The minimum Gasteiger partial charge on any atom is -0.497 e. The van der Waals surface area contributed by atoms with Crippen LogP contribution in [0.15, 0.2) is 66.7 Å². The summed E-state index contributed by atoms with van der Waals surface area (Å²) in [4.78, 5) is 34.9. The average Bonchev–Trinajstić information content (AvgIpc) is 3.45. The van der Waals surface area contributed by atoms with E-state index < -0.39 is 10.1 Å². The summed E-state index contributed by atoms with van der Waals surface area (Å²) in [6.45, 7) is 12.7. The van der Waals surface area contributed by atoms with E-state index in [-0.39, 0.29) is 17.4 Å². The number of nitrogens with zero attached hydrogens (tertiary/aromatic N) is 5. The van der Waals surface area contributed by atoms with E-state index in [0.29, 0.717) is 60.9 Å². The molecule has 1 fully saturated rings. The van der Waals surface area contributed by atoms with Gasteiger partial charge >= 0.3 is 6.03 Å². The second-order valence-electron chi connectivity index (χ2n) is 12.5. The third-order valence-electron chi connectivity index (χ3n) is 7.52. The number of benzene rings is 2. The lowest BCUT2D eigenvalue weighted by Crippen LogP contribution is -2.49. The number of anilines is 3. The van der Waals surface area contributed by atoms with E-state index in [2.05, 4.69) is 36.3 Å². The van der Waals surface area contributed by atoms with Gasteiger partial charge < -0.3 is 19.9 Å². The van der Waals surface area contributed by atoms with E-state index in [4.69, 9.17) is 19.4 Å². The maximum absolute atomic E-state index is 13.1. The fourth-order valence-corrected chi connectivity index (χ4v) is 4.92. The first-order valence-electron chi connectivity index (χ1n) is 15.4. The first-order chi connectivity index (χ1) is 22.5. The average molecular weight is 678 g/mol. The van der Waals surface area contributed by atoms with Crippen LogP contribution in [0.3, 0.4) is 0 Å². The van der Waals surface area contributed by atoms with Gasteiger partial charge in [-0.2, -0.15) is 13.5 Å². The quantitative estimate of drug-likeness (QED) is 0.230. The van der Waals surface area contributed by atoms with Crippen molar-refractivity contribution in [3.8, 4) is 11.4 Å². The molecule has 1 aliphatic rings.